The van der Waals surface area contributed by atoms with Gasteiger partial charge >= 0.3 is 0 Å². The van der Waals surface area contributed by atoms with Crippen LogP contribution in [0.25, 0.3) is 0 Å². The van der Waals surface area contributed by atoms with Crippen LogP contribution in [0, 0.1) is 0 Å². The van der Waals surface area contributed by atoms with E-state index in [4.69, 9.17) is 0 Å². The summed E-state index contributed by atoms with van der Waals surface area (Å²) >= 11 is 0. The number of nitrogens with zero attached hydrogens (tertiary/aromatic N) is 1. The summed E-state index contributed by atoms with van der Waals surface area (Å²) in [5.74, 6) is 0. The Morgan fingerprint density at radius 1 is 1.29 bits per heavy atom. The van der Waals surface area contributed by atoms with Crippen molar-refractivity contribution >= 4 is 5.69 Å². The Labute approximate surface area is 104 Å². The number of piperidine rings is 1. The first-order valence-corrected chi connectivity index (χ1v) is 6.82. The minimum atomic E-state index is 0.144. The van der Waals surface area contributed by atoms with E-state index in [1.54, 1.807) is 0 Å². The fourth-order valence-corrected chi connectivity index (χ4v) is 2.88. The van der Waals surface area contributed by atoms with Crippen LogP contribution in [0.5, 0.6) is 0 Å². The van der Waals surface area contributed by atoms with Crippen molar-refractivity contribution in [2.45, 2.75) is 51.7 Å². The van der Waals surface area contributed by atoms with Gasteiger partial charge in [-0.2, -0.15) is 0 Å². The highest BCUT2D eigenvalue weighted by molar-refractivity contribution is 5.54. The molecule has 1 aliphatic heterocycles. The topological polar surface area (TPSA) is 23.5 Å². The van der Waals surface area contributed by atoms with Crippen LogP contribution in [-0.2, 0) is 6.61 Å². The highest BCUT2D eigenvalue weighted by Crippen LogP contribution is 2.29. The summed E-state index contributed by atoms with van der Waals surface area (Å²) in [6.07, 6.45) is 6.43. The summed E-state index contributed by atoms with van der Waals surface area (Å²) in [5.41, 5.74) is 2.31. The summed E-state index contributed by atoms with van der Waals surface area (Å²) < 4.78 is 0. The molecular weight excluding hydrogens is 210 g/mol. The van der Waals surface area contributed by atoms with Gasteiger partial charge in [-0.25, -0.2) is 0 Å². The molecule has 0 bridgehead atoms. The molecule has 1 atom stereocenters. The Morgan fingerprint density at radius 2 is 2.12 bits per heavy atom. The molecule has 0 aliphatic carbocycles. The summed E-state index contributed by atoms with van der Waals surface area (Å²) in [6, 6.07) is 8.94. The number of rotatable bonds is 4. The van der Waals surface area contributed by atoms with E-state index in [1.165, 1.54) is 37.8 Å². The van der Waals surface area contributed by atoms with Gasteiger partial charge in [0, 0.05) is 23.8 Å². The first-order valence-electron chi connectivity index (χ1n) is 6.82. The fourth-order valence-electron chi connectivity index (χ4n) is 2.88. The van der Waals surface area contributed by atoms with Gasteiger partial charge in [-0.1, -0.05) is 31.5 Å². The van der Waals surface area contributed by atoms with Crippen molar-refractivity contribution in [1.82, 2.24) is 0 Å². The molecule has 2 rings (SSSR count). The third-order valence-electron chi connectivity index (χ3n) is 3.72. The number of aliphatic hydroxyl groups excluding tert-OH is 1. The molecule has 94 valence electrons. The molecule has 0 saturated carbocycles. The maximum absolute atomic E-state index is 9.44. The number of hydrogen-bond donors (Lipinski definition) is 1. The van der Waals surface area contributed by atoms with Crippen LogP contribution in [0.3, 0.4) is 0 Å². The maximum Gasteiger partial charge on any atom is 0.0702 e. The SMILES string of the molecule is CCCC1CCCCN1c1ccccc1CO. The molecule has 1 aliphatic rings. The van der Waals surface area contributed by atoms with Crippen molar-refractivity contribution in [2.24, 2.45) is 0 Å². The monoisotopic (exact) mass is 233 g/mol. The highest BCUT2D eigenvalue weighted by atomic mass is 16.3. The van der Waals surface area contributed by atoms with Gasteiger partial charge in [-0.15, -0.1) is 0 Å². The normalized spacial score (nSPS) is 20.6. The van der Waals surface area contributed by atoms with E-state index in [9.17, 15) is 5.11 Å². The van der Waals surface area contributed by atoms with Gasteiger partial charge in [0.2, 0.25) is 0 Å². The van der Waals surface area contributed by atoms with Crippen molar-refractivity contribution in [2.75, 3.05) is 11.4 Å². The minimum absolute atomic E-state index is 0.144. The predicted molar refractivity (Wildman–Crippen MR) is 72.3 cm³/mol. The van der Waals surface area contributed by atoms with Crippen molar-refractivity contribution in [1.29, 1.82) is 0 Å². The van der Waals surface area contributed by atoms with Crippen molar-refractivity contribution in [3.05, 3.63) is 29.8 Å². The number of para-hydroxylation sites is 1. The lowest BCUT2D eigenvalue weighted by Crippen LogP contribution is -2.40. The molecule has 1 heterocycles. The number of hydrogen-bond acceptors (Lipinski definition) is 2. The Hall–Kier alpha value is -1.02. The molecule has 2 heteroatoms. The van der Waals surface area contributed by atoms with Crippen LogP contribution < -0.4 is 4.90 Å². The van der Waals surface area contributed by atoms with Gasteiger partial charge in [0.1, 0.15) is 0 Å². The van der Waals surface area contributed by atoms with Crippen LogP contribution >= 0.6 is 0 Å². The zero-order chi connectivity index (χ0) is 12.1. The molecule has 0 aromatic heterocycles. The average molecular weight is 233 g/mol. The second-order valence-electron chi connectivity index (χ2n) is 4.92. The van der Waals surface area contributed by atoms with E-state index in [0.717, 1.165) is 12.1 Å². The van der Waals surface area contributed by atoms with Gasteiger partial charge in [-0.05, 0) is 31.7 Å². The molecule has 1 saturated heterocycles. The fraction of sp³-hybridized carbons (Fsp3) is 0.600. The van der Waals surface area contributed by atoms with E-state index in [-0.39, 0.29) is 6.61 Å². The van der Waals surface area contributed by atoms with Crippen molar-refractivity contribution in [3.63, 3.8) is 0 Å². The van der Waals surface area contributed by atoms with Crippen LogP contribution in [0.4, 0.5) is 5.69 Å². The summed E-state index contributed by atoms with van der Waals surface area (Å²) in [5, 5.41) is 9.44. The van der Waals surface area contributed by atoms with Crippen molar-refractivity contribution in [3.8, 4) is 0 Å². The standard InChI is InChI=1S/C15H23NO/c1-2-7-14-9-5-6-11-16(14)15-10-4-3-8-13(15)12-17/h3-4,8,10,14,17H,2,5-7,9,11-12H2,1H3. The van der Waals surface area contributed by atoms with Crippen LogP contribution in [0.15, 0.2) is 24.3 Å². The third kappa shape index (κ3) is 2.81. The Balaban J connectivity index is 2.22. The van der Waals surface area contributed by atoms with E-state index in [0.29, 0.717) is 6.04 Å². The van der Waals surface area contributed by atoms with Crippen LogP contribution in [-0.4, -0.2) is 17.7 Å². The number of benzene rings is 1. The van der Waals surface area contributed by atoms with E-state index in [1.807, 2.05) is 12.1 Å². The van der Waals surface area contributed by atoms with E-state index in [2.05, 4.69) is 24.0 Å². The maximum atomic E-state index is 9.44. The second-order valence-corrected chi connectivity index (χ2v) is 4.92. The van der Waals surface area contributed by atoms with Crippen molar-refractivity contribution < 1.29 is 5.11 Å². The summed E-state index contributed by atoms with van der Waals surface area (Å²) in [7, 11) is 0. The van der Waals surface area contributed by atoms with Gasteiger partial charge in [0.05, 0.1) is 6.61 Å². The summed E-state index contributed by atoms with van der Waals surface area (Å²) in [6.45, 7) is 3.54. The third-order valence-corrected chi connectivity index (χ3v) is 3.72. The first-order chi connectivity index (χ1) is 8.36. The molecule has 1 aromatic rings. The van der Waals surface area contributed by atoms with Crippen LogP contribution in [0.1, 0.15) is 44.6 Å². The van der Waals surface area contributed by atoms with E-state index < -0.39 is 0 Å². The molecule has 0 spiro atoms. The molecule has 0 radical (unpaired) electrons. The Bertz CT molecular complexity index is 349. The Morgan fingerprint density at radius 3 is 2.88 bits per heavy atom. The predicted octanol–water partition coefficient (Wildman–Crippen LogP) is 3.34. The zero-order valence-electron chi connectivity index (χ0n) is 10.7. The van der Waals surface area contributed by atoms with E-state index >= 15 is 0 Å². The molecule has 1 fully saturated rings. The number of aliphatic hydroxyl groups is 1. The number of anilines is 1. The van der Waals surface area contributed by atoms with Gasteiger partial charge in [0.15, 0.2) is 0 Å². The lowest BCUT2D eigenvalue weighted by Gasteiger charge is -2.38. The molecule has 1 aromatic carbocycles. The van der Waals surface area contributed by atoms with Gasteiger partial charge in [0.25, 0.3) is 0 Å². The summed E-state index contributed by atoms with van der Waals surface area (Å²) in [4.78, 5) is 2.51. The van der Waals surface area contributed by atoms with Gasteiger partial charge < -0.3 is 10.0 Å². The molecule has 1 unspecified atom stereocenters. The quantitative estimate of drug-likeness (QED) is 0.862. The molecule has 0 amide bonds. The highest BCUT2D eigenvalue weighted by Gasteiger charge is 2.23. The molecule has 1 N–H and O–H groups in total. The molecular formula is C15H23NO. The second kappa shape index (κ2) is 6.06. The van der Waals surface area contributed by atoms with Crippen LogP contribution in [0.2, 0.25) is 0 Å². The smallest absolute Gasteiger partial charge is 0.0702 e. The lowest BCUT2D eigenvalue weighted by molar-refractivity contribution is 0.281. The zero-order valence-corrected chi connectivity index (χ0v) is 10.7. The largest absolute Gasteiger partial charge is 0.392 e. The Kier molecular flexibility index (Phi) is 4.43. The molecule has 17 heavy (non-hydrogen) atoms. The van der Waals surface area contributed by atoms with Gasteiger partial charge in [-0.3, -0.25) is 0 Å². The lowest BCUT2D eigenvalue weighted by atomic mass is 9.96. The minimum Gasteiger partial charge on any atom is -0.392 e. The molecule has 2 nitrogen and oxygen atoms in total. The first kappa shape index (κ1) is 12.4. The average Bonchev–Trinajstić information content (AvgIpc) is 2.40.